The quantitative estimate of drug-likeness (QED) is 0.714. The third-order valence-corrected chi connectivity index (χ3v) is 3.66. The van der Waals surface area contributed by atoms with Crippen LogP contribution in [0.3, 0.4) is 0 Å². The maximum Gasteiger partial charge on any atom is 0.416 e. The normalized spacial score (nSPS) is 12.0. The summed E-state index contributed by atoms with van der Waals surface area (Å²) in [6.07, 6.45) is 1.19. The van der Waals surface area contributed by atoms with Crippen LogP contribution in [0.25, 0.3) is 17.2 Å². The number of imidazole rings is 1. The van der Waals surface area contributed by atoms with Crippen molar-refractivity contribution >= 4 is 34.7 Å². The fraction of sp³-hybridized carbons (Fsp3) is 0.0625. The number of amides is 1. The van der Waals surface area contributed by atoms with Crippen LogP contribution in [0, 0.1) is 0 Å². The molecule has 0 radical (unpaired) electrons. The Labute approximate surface area is 144 Å². The van der Waals surface area contributed by atoms with Gasteiger partial charge in [-0.1, -0.05) is 11.6 Å². The third-order valence-electron chi connectivity index (χ3n) is 3.36. The first-order chi connectivity index (χ1) is 11.9. The van der Waals surface area contributed by atoms with E-state index in [2.05, 4.69) is 15.3 Å². The van der Waals surface area contributed by atoms with Gasteiger partial charge in [0.1, 0.15) is 5.15 Å². The Bertz CT molecular complexity index is 965. The molecule has 5 nitrogen and oxygen atoms in total. The zero-order chi connectivity index (χ0) is 18.0. The first-order valence-electron chi connectivity index (χ1n) is 6.98. The van der Waals surface area contributed by atoms with Crippen LogP contribution in [0.4, 0.5) is 13.2 Å². The summed E-state index contributed by atoms with van der Waals surface area (Å²) >= 11 is 5.82. The number of fused-ring (bicyclic) bond motifs is 1. The van der Waals surface area contributed by atoms with Crippen molar-refractivity contribution in [3.05, 3.63) is 65.3 Å². The Balaban J connectivity index is 1.78. The van der Waals surface area contributed by atoms with Gasteiger partial charge < -0.3 is 9.88 Å². The van der Waals surface area contributed by atoms with Gasteiger partial charge >= 0.3 is 6.18 Å². The standard InChI is InChI=1S/C16H10ClF3N4O/c17-14-11(2-1-5-21-14)15(25)22-6-7-24-9-23-12-8-10(16(18,19)20)3-4-13(12)24/h1-9H,(H,22,25). The second-order valence-corrected chi connectivity index (χ2v) is 5.34. The van der Waals surface area contributed by atoms with Gasteiger partial charge in [-0.25, -0.2) is 9.97 Å². The van der Waals surface area contributed by atoms with E-state index in [1.54, 1.807) is 6.07 Å². The summed E-state index contributed by atoms with van der Waals surface area (Å²) in [4.78, 5) is 19.7. The lowest BCUT2D eigenvalue weighted by Gasteiger charge is -2.06. The van der Waals surface area contributed by atoms with E-state index < -0.39 is 17.6 Å². The van der Waals surface area contributed by atoms with Gasteiger partial charge in [0.05, 0.1) is 28.5 Å². The summed E-state index contributed by atoms with van der Waals surface area (Å²) in [7, 11) is 0. The number of carbonyl (C=O) groups excluding carboxylic acids is 1. The molecular formula is C16H10ClF3N4O. The summed E-state index contributed by atoms with van der Waals surface area (Å²) in [5.41, 5.74) is 0.104. The number of rotatable bonds is 3. The maximum absolute atomic E-state index is 12.7. The average Bonchev–Trinajstić information content (AvgIpc) is 2.97. The molecule has 2 heterocycles. The average molecular weight is 367 g/mol. The molecule has 25 heavy (non-hydrogen) atoms. The molecule has 3 aromatic rings. The van der Waals surface area contributed by atoms with Crippen LogP contribution < -0.4 is 5.32 Å². The van der Waals surface area contributed by atoms with Crippen molar-refractivity contribution < 1.29 is 18.0 Å². The van der Waals surface area contributed by atoms with Crippen molar-refractivity contribution in [2.45, 2.75) is 6.18 Å². The van der Waals surface area contributed by atoms with Crippen molar-refractivity contribution in [1.82, 2.24) is 19.9 Å². The Kier molecular flexibility index (Phi) is 4.45. The molecule has 3 rings (SSSR count). The number of aromatic nitrogens is 3. The number of benzene rings is 1. The number of hydrogen-bond donors (Lipinski definition) is 1. The number of nitrogens with zero attached hydrogens (tertiary/aromatic N) is 3. The molecule has 0 fully saturated rings. The first-order valence-corrected chi connectivity index (χ1v) is 7.36. The predicted molar refractivity (Wildman–Crippen MR) is 86.8 cm³/mol. The van der Waals surface area contributed by atoms with Crippen molar-refractivity contribution in [1.29, 1.82) is 0 Å². The lowest BCUT2D eigenvalue weighted by atomic mass is 10.2. The monoisotopic (exact) mass is 366 g/mol. The highest BCUT2D eigenvalue weighted by atomic mass is 35.5. The number of halogens is 4. The third kappa shape index (κ3) is 3.63. The number of nitrogens with one attached hydrogen (secondary N) is 1. The number of pyridine rings is 1. The summed E-state index contributed by atoms with van der Waals surface area (Å²) in [5, 5.41) is 2.58. The van der Waals surface area contributed by atoms with E-state index in [-0.39, 0.29) is 16.2 Å². The van der Waals surface area contributed by atoms with E-state index >= 15 is 0 Å². The van der Waals surface area contributed by atoms with E-state index in [4.69, 9.17) is 11.6 Å². The van der Waals surface area contributed by atoms with Crippen LogP contribution in [0.1, 0.15) is 15.9 Å². The molecule has 0 bridgehead atoms. The Morgan fingerprint density at radius 2 is 2.04 bits per heavy atom. The van der Waals surface area contributed by atoms with Crippen LogP contribution in [0.2, 0.25) is 5.15 Å². The zero-order valence-electron chi connectivity index (χ0n) is 12.5. The molecule has 128 valence electrons. The maximum atomic E-state index is 12.7. The zero-order valence-corrected chi connectivity index (χ0v) is 13.2. The van der Waals surface area contributed by atoms with E-state index in [0.29, 0.717) is 5.52 Å². The van der Waals surface area contributed by atoms with Gasteiger partial charge in [0, 0.05) is 18.6 Å². The fourth-order valence-electron chi connectivity index (χ4n) is 2.15. The molecule has 1 aromatic carbocycles. The van der Waals surface area contributed by atoms with E-state index in [1.165, 1.54) is 41.6 Å². The van der Waals surface area contributed by atoms with Crippen LogP contribution in [-0.2, 0) is 6.18 Å². The van der Waals surface area contributed by atoms with Crippen LogP contribution in [0.5, 0.6) is 0 Å². The molecular weight excluding hydrogens is 357 g/mol. The molecule has 2 aromatic heterocycles. The molecule has 0 aliphatic rings. The van der Waals surface area contributed by atoms with Gasteiger partial charge in [-0.3, -0.25) is 4.79 Å². The number of hydrogen-bond acceptors (Lipinski definition) is 3. The molecule has 9 heteroatoms. The summed E-state index contributed by atoms with van der Waals surface area (Å²) in [6, 6.07) is 6.35. The molecule has 0 spiro atoms. The van der Waals surface area contributed by atoms with Gasteiger partial charge in [0.2, 0.25) is 0 Å². The molecule has 0 unspecified atom stereocenters. The molecule has 1 amide bonds. The Morgan fingerprint density at radius 1 is 1.24 bits per heavy atom. The van der Waals surface area contributed by atoms with Crippen LogP contribution in [0.15, 0.2) is 49.1 Å². The Morgan fingerprint density at radius 3 is 2.76 bits per heavy atom. The van der Waals surface area contributed by atoms with Gasteiger partial charge in [-0.15, -0.1) is 0 Å². The minimum absolute atomic E-state index is 0.0705. The SMILES string of the molecule is O=C(NC=Cn1cnc2cc(C(F)(F)F)ccc21)c1cccnc1Cl. The van der Waals surface area contributed by atoms with Crippen molar-refractivity contribution in [2.24, 2.45) is 0 Å². The van der Waals surface area contributed by atoms with Gasteiger partial charge in [0.15, 0.2) is 0 Å². The molecule has 1 N–H and O–H groups in total. The highest BCUT2D eigenvalue weighted by Crippen LogP contribution is 2.31. The lowest BCUT2D eigenvalue weighted by molar-refractivity contribution is -0.137. The van der Waals surface area contributed by atoms with Crippen molar-refractivity contribution in [2.75, 3.05) is 0 Å². The van der Waals surface area contributed by atoms with E-state index in [9.17, 15) is 18.0 Å². The lowest BCUT2D eigenvalue weighted by Crippen LogP contribution is -2.17. The molecule has 0 aliphatic heterocycles. The van der Waals surface area contributed by atoms with Crippen molar-refractivity contribution in [3.8, 4) is 0 Å². The second-order valence-electron chi connectivity index (χ2n) is 4.98. The predicted octanol–water partition coefficient (Wildman–Crippen LogP) is 3.96. The molecule has 0 saturated carbocycles. The second kappa shape index (κ2) is 6.56. The minimum Gasteiger partial charge on any atom is -0.327 e. The smallest absolute Gasteiger partial charge is 0.327 e. The van der Waals surface area contributed by atoms with Crippen LogP contribution >= 0.6 is 11.6 Å². The summed E-state index contributed by atoms with van der Waals surface area (Å²) < 4.78 is 39.6. The van der Waals surface area contributed by atoms with Crippen molar-refractivity contribution in [3.63, 3.8) is 0 Å². The largest absolute Gasteiger partial charge is 0.416 e. The van der Waals surface area contributed by atoms with E-state index in [0.717, 1.165) is 12.1 Å². The van der Waals surface area contributed by atoms with Gasteiger partial charge in [-0.05, 0) is 30.3 Å². The molecule has 0 atom stereocenters. The fourth-order valence-corrected chi connectivity index (χ4v) is 2.36. The van der Waals surface area contributed by atoms with Gasteiger partial charge in [0.25, 0.3) is 5.91 Å². The summed E-state index contributed by atoms with van der Waals surface area (Å²) in [5.74, 6) is -0.460. The first kappa shape index (κ1) is 17.0. The molecule has 0 aliphatic carbocycles. The Hall–Kier alpha value is -2.87. The topological polar surface area (TPSA) is 59.8 Å². The van der Waals surface area contributed by atoms with E-state index in [1.807, 2.05) is 0 Å². The number of alkyl halides is 3. The van der Waals surface area contributed by atoms with Crippen LogP contribution in [-0.4, -0.2) is 20.4 Å². The summed E-state index contributed by atoms with van der Waals surface area (Å²) in [6.45, 7) is 0. The highest BCUT2D eigenvalue weighted by molar-refractivity contribution is 6.32. The highest BCUT2D eigenvalue weighted by Gasteiger charge is 2.30. The minimum atomic E-state index is -4.43. The molecule has 0 saturated heterocycles. The number of carbonyl (C=O) groups is 1. The van der Waals surface area contributed by atoms with Gasteiger partial charge in [-0.2, -0.15) is 13.2 Å².